The van der Waals surface area contributed by atoms with Crippen molar-refractivity contribution in [3.05, 3.63) is 24.1 Å². The topological polar surface area (TPSA) is 87.7 Å². The van der Waals surface area contributed by atoms with Crippen LogP contribution < -0.4 is 4.31 Å². The van der Waals surface area contributed by atoms with Crippen LogP contribution >= 0.6 is 0 Å². The molecule has 2 heterocycles. The first kappa shape index (κ1) is 16.1. The normalized spacial score (nSPS) is 17.5. The molecule has 0 radical (unpaired) electrons. The van der Waals surface area contributed by atoms with Crippen LogP contribution in [0, 0.1) is 11.7 Å². The van der Waals surface area contributed by atoms with Crippen molar-refractivity contribution in [2.45, 2.75) is 0 Å². The summed E-state index contributed by atoms with van der Waals surface area (Å²) < 4.78 is 61.9. The van der Waals surface area contributed by atoms with Gasteiger partial charge < -0.3 is 0 Å². The summed E-state index contributed by atoms with van der Waals surface area (Å²) in [6.45, 7) is 0.394. The number of aromatic nitrogens is 1. The molecular weight excluding hydrogens is 321 g/mol. The molecule has 7 nitrogen and oxygen atoms in total. The Bertz CT molecular complexity index is 712. The molecule has 0 unspecified atom stereocenters. The summed E-state index contributed by atoms with van der Waals surface area (Å²) in [5, 5.41) is 0. The molecule has 0 atom stereocenters. The Balaban J connectivity index is 2.01. The lowest BCUT2D eigenvalue weighted by Crippen LogP contribution is -2.52. The summed E-state index contributed by atoms with van der Waals surface area (Å²) in [4.78, 5) is 3.72. The molecular formula is C11H16FN3O4S2. The lowest BCUT2D eigenvalue weighted by molar-refractivity contribution is 0.221. The zero-order valence-electron chi connectivity index (χ0n) is 11.6. The van der Waals surface area contributed by atoms with E-state index in [1.165, 1.54) is 17.4 Å². The van der Waals surface area contributed by atoms with Gasteiger partial charge in [0.1, 0.15) is 11.6 Å². The molecule has 0 aromatic carbocycles. The van der Waals surface area contributed by atoms with Crippen molar-refractivity contribution in [1.82, 2.24) is 9.29 Å². The Labute approximate surface area is 123 Å². The fourth-order valence-corrected chi connectivity index (χ4v) is 4.39. The summed E-state index contributed by atoms with van der Waals surface area (Å²) >= 11 is 0. The van der Waals surface area contributed by atoms with E-state index >= 15 is 0 Å². The molecule has 0 amide bonds. The monoisotopic (exact) mass is 337 g/mol. The molecule has 0 bridgehead atoms. The molecule has 0 N–H and O–H groups in total. The first-order valence-electron chi connectivity index (χ1n) is 6.13. The quantitative estimate of drug-likeness (QED) is 0.747. The minimum Gasteiger partial charge on any atom is -0.257 e. The Kier molecular flexibility index (Phi) is 4.22. The van der Waals surface area contributed by atoms with Crippen LogP contribution in [0.25, 0.3) is 0 Å². The molecule has 0 spiro atoms. The number of hydrogen-bond acceptors (Lipinski definition) is 5. The predicted molar refractivity (Wildman–Crippen MR) is 76.3 cm³/mol. The minimum atomic E-state index is -3.63. The van der Waals surface area contributed by atoms with Gasteiger partial charge in [-0.3, -0.25) is 4.31 Å². The molecule has 1 saturated heterocycles. The molecule has 1 fully saturated rings. The van der Waals surface area contributed by atoms with E-state index in [0.29, 0.717) is 0 Å². The van der Waals surface area contributed by atoms with Gasteiger partial charge in [-0.1, -0.05) is 0 Å². The van der Waals surface area contributed by atoms with Gasteiger partial charge in [0.2, 0.25) is 20.0 Å². The van der Waals surface area contributed by atoms with Gasteiger partial charge in [0, 0.05) is 26.1 Å². The maximum Gasteiger partial charge on any atom is 0.236 e. The van der Waals surface area contributed by atoms with Crippen molar-refractivity contribution >= 4 is 25.9 Å². The lowest BCUT2D eigenvalue weighted by atomic mass is 10.1. The van der Waals surface area contributed by atoms with Crippen molar-refractivity contribution in [2.24, 2.45) is 5.92 Å². The smallest absolute Gasteiger partial charge is 0.236 e. The summed E-state index contributed by atoms with van der Waals surface area (Å²) in [5.41, 5.74) is 0. The fourth-order valence-electron chi connectivity index (χ4n) is 2.01. The molecule has 2 rings (SSSR count). The highest BCUT2D eigenvalue weighted by molar-refractivity contribution is 7.92. The van der Waals surface area contributed by atoms with E-state index in [2.05, 4.69) is 4.98 Å². The molecule has 21 heavy (non-hydrogen) atoms. The zero-order chi connectivity index (χ0) is 15.8. The Morgan fingerprint density at radius 1 is 1.33 bits per heavy atom. The Morgan fingerprint density at radius 3 is 2.43 bits per heavy atom. The van der Waals surface area contributed by atoms with Crippen LogP contribution in [0.15, 0.2) is 18.3 Å². The fraction of sp³-hybridized carbons (Fsp3) is 0.545. The van der Waals surface area contributed by atoms with E-state index in [9.17, 15) is 21.2 Å². The number of pyridine rings is 1. The van der Waals surface area contributed by atoms with Crippen LogP contribution in [-0.4, -0.2) is 58.3 Å². The van der Waals surface area contributed by atoms with E-state index < -0.39 is 25.9 Å². The van der Waals surface area contributed by atoms with Gasteiger partial charge in [0.15, 0.2) is 0 Å². The van der Waals surface area contributed by atoms with Gasteiger partial charge in [-0.25, -0.2) is 30.5 Å². The van der Waals surface area contributed by atoms with Gasteiger partial charge in [-0.15, -0.1) is 0 Å². The standard InChI is InChI=1S/C11H16FN3O4S2/c1-14(11-4-3-10(12)5-13-11)21(18,19)8-9-6-15(7-9)20(2,16)17/h3-5,9H,6-8H2,1-2H3. The molecule has 0 saturated carbocycles. The number of halogens is 1. The van der Waals surface area contributed by atoms with Gasteiger partial charge in [0.05, 0.1) is 18.2 Å². The number of anilines is 1. The third-order valence-corrected chi connectivity index (χ3v) is 6.44. The van der Waals surface area contributed by atoms with E-state index in [-0.39, 0.29) is 30.6 Å². The zero-order valence-corrected chi connectivity index (χ0v) is 13.2. The highest BCUT2D eigenvalue weighted by atomic mass is 32.2. The number of hydrogen-bond donors (Lipinski definition) is 0. The minimum absolute atomic E-state index is 0.121. The van der Waals surface area contributed by atoms with Crippen LogP contribution in [0.3, 0.4) is 0 Å². The summed E-state index contributed by atoms with van der Waals surface area (Å²) in [7, 11) is -5.55. The van der Waals surface area contributed by atoms with Crippen molar-refractivity contribution < 1.29 is 21.2 Å². The van der Waals surface area contributed by atoms with Crippen molar-refractivity contribution in [3.8, 4) is 0 Å². The van der Waals surface area contributed by atoms with Crippen LogP contribution in [0.1, 0.15) is 0 Å². The highest BCUT2D eigenvalue weighted by Gasteiger charge is 2.37. The first-order chi connectivity index (χ1) is 9.59. The maximum atomic E-state index is 12.8. The Morgan fingerprint density at radius 2 is 1.95 bits per heavy atom. The number of sulfonamides is 2. The van der Waals surface area contributed by atoms with Crippen molar-refractivity contribution in [2.75, 3.05) is 36.5 Å². The summed E-state index contributed by atoms with van der Waals surface area (Å²) in [6, 6.07) is 2.40. The molecule has 10 heteroatoms. The molecule has 0 aliphatic carbocycles. The highest BCUT2D eigenvalue weighted by Crippen LogP contribution is 2.23. The average molecular weight is 337 g/mol. The van der Waals surface area contributed by atoms with Crippen LogP contribution in [0.4, 0.5) is 10.2 Å². The van der Waals surface area contributed by atoms with E-state index in [1.807, 2.05) is 0 Å². The van der Waals surface area contributed by atoms with Crippen LogP contribution in [0.2, 0.25) is 0 Å². The second-order valence-corrected chi connectivity index (χ2v) is 9.05. The van der Waals surface area contributed by atoms with E-state index in [4.69, 9.17) is 0 Å². The number of nitrogens with zero attached hydrogens (tertiary/aromatic N) is 3. The van der Waals surface area contributed by atoms with E-state index in [0.717, 1.165) is 22.8 Å². The largest absolute Gasteiger partial charge is 0.257 e. The average Bonchev–Trinajstić information content (AvgIpc) is 2.32. The van der Waals surface area contributed by atoms with Crippen LogP contribution in [-0.2, 0) is 20.0 Å². The molecule has 118 valence electrons. The first-order valence-corrected chi connectivity index (χ1v) is 9.58. The number of rotatable bonds is 5. The Hall–Kier alpha value is -1.26. The van der Waals surface area contributed by atoms with Gasteiger partial charge >= 0.3 is 0 Å². The van der Waals surface area contributed by atoms with Gasteiger partial charge in [-0.05, 0) is 12.1 Å². The molecule has 1 aliphatic rings. The van der Waals surface area contributed by atoms with Crippen molar-refractivity contribution in [3.63, 3.8) is 0 Å². The summed E-state index contributed by atoms with van der Waals surface area (Å²) in [5.74, 6) is -0.843. The van der Waals surface area contributed by atoms with Crippen LogP contribution in [0.5, 0.6) is 0 Å². The van der Waals surface area contributed by atoms with E-state index in [1.54, 1.807) is 0 Å². The predicted octanol–water partition coefficient (Wildman–Crippen LogP) is -0.122. The lowest BCUT2D eigenvalue weighted by Gasteiger charge is -2.37. The third kappa shape index (κ3) is 3.69. The summed E-state index contributed by atoms with van der Waals surface area (Å²) in [6.07, 6.45) is 2.03. The molecule has 1 aromatic heterocycles. The SMILES string of the molecule is CN(c1ccc(F)cn1)S(=O)(=O)CC1CN(S(C)(=O)=O)C1. The second kappa shape index (κ2) is 5.50. The third-order valence-electron chi connectivity index (χ3n) is 3.29. The van der Waals surface area contributed by atoms with Crippen molar-refractivity contribution in [1.29, 1.82) is 0 Å². The van der Waals surface area contributed by atoms with Gasteiger partial charge in [-0.2, -0.15) is 0 Å². The maximum absolute atomic E-state index is 12.8. The molecule has 1 aromatic rings. The van der Waals surface area contributed by atoms with Gasteiger partial charge in [0.25, 0.3) is 0 Å². The second-order valence-electron chi connectivity index (χ2n) is 5.03. The molecule has 1 aliphatic heterocycles.